The van der Waals surface area contributed by atoms with Crippen LogP contribution in [0.25, 0.3) is 0 Å². The fourth-order valence-corrected chi connectivity index (χ4v) is 2.07. The van der Waals surface area contributed by atoms with Gasteiger partial charge in [0.15, 0.2) is 0 Å². The molecule has 2 rings (SSSR count). The van der Waals surface area contributed by atoms with Crippen molar-refractivity contribution in [3.05, 3.63) is 28.8 Å². The van der Waals surface area contributed by atoms with Crippen molar-refractivity contribution in [1.82, 2.24) is 5.32 Å². The molecule has 0 spiro atoms. The van der Waals surface area contributed by atoms with E-state index < -0.39 is 13.1 Å². The van der Waals surface area contributed by atoms with Gasteiger partial charge in [-0.25, -0.2) is 0 Å². The molecule has 1 amide bonds. The third-order valence-electron chi connectivity index (χ3n) is 3.11. The van der Waals surface area contributed by atoms with E-state index in [1.807, 2.05) is 0 Å². The number of fused-ring (bicyclic) bond motifs is 1. The van der Waals surface area contributed by atoms with E-state index in [1.165, 1.54) is 8.05 Å². The smallest absolute Gasteiger partial charge is 0.492 e. The predicted molar refractivity (Wildman–Crippen MR) is 70.5 cm³/mol. The van der Waals surface area contributed by atoms with Gasteiger partial charge in [-0.05, 0) is 29.6 Å². The third-order valence-corrected chi connectivity index (χ3v) is 3.11. The Morgan fingerprint density at radius 2 is 2.32 bits per heavy atom. The molecule has 1 heterocycles. The van der Waals surface area contributed by atoms with Crippen LogP contribution in [-0.4, -0.2) is 38.6 Å². The first-order valence-electron chi connectivity index (χ1n) is 5.81. The maximum atomic E-state index is 12.0. The van der Waals surface area contributed by atoms with Crippen LogP contribution in [0.1, 0.15) is 21.5 Å². The lowest BCUT2D eigenvalue weighted by atomic mass is 9.75. The summed E-state index contributed by atoms with van der Waals surface area (Å²) < 4.78 is 9.55. The van der Waals surface area contributed by atoms with Crippen LogP contribution >= 0.6 is 0 Å². The Morgan fingerprint density at radius 1 is 1.58 bits per heavy atom. The zero-order valence-corrected chi connectivity index (χ0v) is 10.7. The zero-order chi connectivity index (χ0) is 14.0. The molecule has 0 radical (unpaired) electrons. The Bertz CT molecular complexity index is 534. The van der Waals surface area contributed by atoms with Gasteiger partial charge in [0.25, 0.3) is 5.91 Å². The molecule has 6 nitrogen and oxygen atoms in total. The summed E-state index contributed by atoms with van der Waals surface area (Å²) in [5, 5.41) is 12.2. The number of carbonyl (C=O) groups is 2. The Balaban J connectivity index is 2.20. The summed E-state index contributed by atoms with van der Waals surface area (Å²) in [5.41, 5.74) is 2.57. The Kier molecular flexibility index (Phi) is 3.92. The number of hydrogen-bond acceptors (Lipinski definition) is 5. The van der Waals surface area contributed by atoms with E-state index in [0.29, 0.717) is 23.2 Å². The predicted octanol–water partition coefficient (Wildman–Crippen LogP) is -1.97. The molecule has 0 bridgehead atoms. The first kappa shape index (κ1) is 13.6. The number of benzene rings is 1. The van der Waals surface area contributed by atoms with Crippen LogP contribution in [0, 0.1) is 6.92 Å². The number of carbonyl (C=O) groups excluding carboxylic acids is 2. The Hall–Kier alpha value is -1.79. The van der Waals surface area contributed by atoms with Crippen molar-refractivity contribution < 1.29 is 23.9 Å². The van der Waals surface area contributed by atoms with Crippen LogP contribution in [0.2, 0.25) is 0 Å². The molecule has 8 heteroatoms. The van der Waals surface area contributed by atoms with E-state index >= 15 is 0 Å². The van der Waals surface area contributed by atoms with Crippen molar-refractivity contribution in [3.63, 3.8) is 0 Å². The highest BCUT2D eigenvalue weighted by Crippen LogP contribution is 2.16. The molecule has 2 N–H and O–H groups in total. The van der Waals surface area contributed by atoms with Crippen LogP contribution in [0.15, 0.2) is 12.1 Å². The fourth-order valence-electron chi connectivity index (χ4n) is 2.07. The van der Waals surface area contributed by atoms with Gasteiger partial charge in [-0.3, -0.25) is 9.59 Å². The third kappa shape index (κ3) is 2.64. The summed E-state index contributed by atoms with van der Waals surface area (Å²) in [5.74, 6) is -0.902. The molecule has 0 saturated heterocycles. The summed E-state index contributed by atoms with van der Waals surface area (Å²) in [4.78, 5) is 22.9. The zero-order valence-electron chi connectivity index (χ0n) is 10.7. The van der Waals surface area contributed by atoms with E-state index in [4.69, 9.17) is 4.65 Å². The highest BCUT2D eigenvalue weighted by atomic mass is 16.5. The molecular formula is C11H13B2NO5. The van der Waals surface area contributed by atoms with Crippen LogP contribution in [0.3, 0.4) is 0 Å². The molecule has 98 valence electrons. The van der Waals surface area contributed by atoms with Crippen LogP contribution < -0.4 is 10.8 Å². The van der Waals surface area contributed by atoms with Gasteiger partial charge in [-0.2, -0.15) is 0 Å². The SMILES string of the molecule is BOC(=O)CNC(=O)c1ccc2c(c1C)B(O)OC2. The van der Waals surface area contributed by atoms with E-state index in [9.17, 15) is 14.6 Å². The fraction of sp³-hybridized carbons (Fsp3) is 0.273. The Morgan fingerprint density at radius 3 is 3.00 bits per heavy atom. The quantitative estimate of drug-likeness (QED) is 0.617. The molecular weight excluding hydrogens is 248 g/mol. The van der Waals surface area contributed by atoms with Crippen molar-refractivity contribution in [1.29, 1.82) is 0 Å². The minimum Gasteiger partial charge on any atom is -0.542 e. The minimum absolute atomic E-state index is 0.190. The molecule has 0 aromatic heterocycles. The van der Waals surface area contributed by atoms with Crippen LogP contribution in [0.4, 0.5) is 0 Å². The molecule has 1 aliphatic rings. The number of amides is 1. The average molecular weight is 261 g/mol. The number of hydrogen-bond donors (Lipinski definition) is 2. The van der Waals surface area contributed by atoms with Gasteiger partial charge < -0.3 is 19.6 Å². The second kappa shape index (κ2) is 5.46. The van der Waals surface area contributed by atoms with Gasteiger partial charge in [0.05, 0.1) is 6.61 Å². The van der Waals surface area contributed by atoms with E-state index in [-0.39, 0.29) is 12.5 Å². The highest BCUT2D eigenvalue weighted by molar-refractivity contribution is 6.62. The molecule has 19 heavy (non-hydrogen) atoms. The minimum atomic E-state index is -0.997. The number of rotatable bonds is 3. The second-order valence-corrected chi connectivity index (χ2v) is 4.23. The van der Waals surface area contributed by atoms with Crippen molar-refractivity contribution >= 4 is 32.5 Å². The summed E-state index contributed by atoms with van der Waals surface area (Å²) in [6.45, 7) is 1.89. The molecule has 1 aliphatic heterocycles. The molecule has 0 fully saturated rings. The van der Waals surface area contributed by atoms with Gasteiger partial charge in [0.2, 0.25) is 0 Å². The Labute approximate surface area is 111 Å². The lowest BCUT2D eigenvalue weighted by Gasteiger charge is -2.10. The highest BCUT2D eigenvalue weighted by Gasteiger charge is 2.31. The van der Waals surface area contributed by atoms with Gasteiger partial charge in [-0.1, -0.05) is 6.07 Å². The van der Waals surface area contributed by atoms with Crippen LogP contribution in [0.5, 0.6) is 0 Å². The van der Waals surface area contributed by atoms with Crippen molar-refractivity contribution in [3.8, 4) is 0 Å². The van der Waals surface area contributed by atoms with E-state index in [1.54, 1.807) is 19.1 Å². The largest absolute Gasteiger partial charge is 0.542 e. The monoisotopic (exact) mass is 261 g/mol. The van der Waals surface area contributed by atoms with Gasteiger partial charge in [0, 0.05) is 5.56 Å². The summed E-state index contributed by atoms with van der Waals surface area (Å²) >= 11 is 0. The first-order valence-corrected chi connectivity index (χ1v) is 5.81. The second-order valence-electron chi connectivity index (χ2n) is 4.23. The number of nitrogens with one attached hydrogen (secondary N) is 1. The van der Waals surface area contributed by atoms with Gasteiger partial charge in [-0.15, -0.1) is 0 Å². The topological polar surface area (TPSA) is 84.9 Å². The van der Waals surface area contributed by atoms with E-state index in [0.717, 1.165) is 5.56 Å². The standard InChI is InChI=1S/C11H13B2NO5/c1-6-8(11(16)14-4-9(15)19-12)3-2-7-5-18-13(17)10(6)7/h2-3,17H,4-5,12H2,1H3,(H,14,16). The molecule has 1 aromatic rings. The summed E-state index contributed by atoms with van der Waals surface area (Å²) in [6, 6.07) is 3.40. The summed E-state index contributed by atoms with van der Waals surface area (Å²) in [7, 11) is 0.256. The van der Waals surface area contributed by atoms with Crippen LogP contribution in [-0.2, 0) is 20.7 Å². The molecule has 0 atom stereocenters. The molecule has 0 saturated carbocycles. The summed E-state index contributed by atoms with van der Waals surface area (Å²) in [6.07, 6.45) is 0. The first-order chi connectivity index (χ1) is 9.04. The van der Waals surface area contributed by atoms with Gasteiger partial charge >= 0.3 is 21.1 Å². The van der Waals surface area contributed by atoms with Crippen molar-refractivity contribution in [2.75, 3.05) is 6.54 Å². The average Bonchev–Trinajstić information content (AvgIpc) is 2.78. The van der Waals surface area contributed by atoms with E-state index in [2.05, 4.69) is 9.97 Å². The lowest BCUT2D eigenvalue weighted by molar-refractivity contribution is -0.132. The van der Waals surface area contributed by atoms with Crippen molar-refractivity contribution in [2.24, 2.45) is 0 Å². The normalized spacial score (nSPS) is 13.1. The van der Waals surface area contributed by atoms with Crippen molar-refractivity contribution in [2.45, 2.75) is 13.5 Å². The molecule has 0 aliphatic carbocycles. The molecule has 1 aromatic carbocycles. The maximum Gasteiger partial charge on any atom is 0.492 e. The van der Waals surface area contributed by atoms with Gasteiger partial charge in [0.1, 0.15) is 6.54 Å². The lowest BCUT2D eigenvalue weighted by Crippen LogP contribution is -2.35. The molecule has 0 unspecified atom stereocenters. The maximum absolute atomic E-state index is 12.0.